The van der Waals surface area contributed by atoms with Gasteiger partial charge in [0.2, 0.25) is 11.8 Å². The molecule has 60 heavy (non-hydrogen) atoms. The smallest absolute Gasteiger partial charge is 0.227 e. The molecule has 6 aromatic rings. The highest BCUT2D eigenvalue weighted by atomic mass is 16.5. The van der Waals surface area contributed by atoms with E-state index < -0.39 is 0 Å². The predicted octanol–water partition coefficient (Wildman–Crippen LogP) is 8.96. The van der Waals surface area contributed by atoms with Crippen molar-refractivity contribution in [1.82, 2.24) is 39.0 Å². The van der Waals surface area contributed by atoms with Crippen molar-refractivity contribution in [1.29, 1.82) is 0 Å². The van der Waals surface area contributed by atoms with E-state index in [4.69, 9.17) is 29.6 Å². The molecule has 0 saturated heterocycles. The summed E-state index contributed by atoms with van der Waals surface area (Å²) in [6.45, 7) is 20.0. The summed E-state index contributed by atoms with van der Waals surface area (Å²) in [6, 6.07) is 20.1. The van der Waals surface area contributed by atoms with Gasteiger partial charge in [-0.15, -0.1) is 0 Å². The molecule has 0 saturated carbocycles. The van der Waals surface area contributed by atoms with Crippen molar-refractivity contribution in [2.75, 3.05) is 39.4 Å². The quantitative estimate of drug-likeness (QED) is 0.0661. The molecule has 0 fully saturated rings. The lowest BCUT2D eigenvalue weighted by molar-refractivity contribution is -0.130. The molecule has 4 aromatic heterocycles. The Hall–Kier alpha value is -5.78. The van der Waals surface area contributed by atoms with E-state index in [1.807, 2.05) is 135 Å². The SMILES string of the molecule is CCN(CC)C(=O)Cc1c(-c2ccc(OCCCCCCCCOc3ccc(-c4nn5c(C)cc(C)nc5c4CC(=O)N(CC)CC)cc3)cc2)nn2c(C)cc(C)nc12. The lowest BCUT2D eigenvalue weighted by Crippen LogP contribution is -2.31. The molecule has 4 heterocycles. The summed E-state index contributed by atoms with van der Waals surface area (Å²) >= 11 is 0. The zero-order valence-electron chi connectivity index (χ0n) is 36.9. The van der Waals surface area contributed by atoms with E-state index in [2.05, 4.69) is 0 Å². The first-order chi connectivity index (χ1) is 29.0. The number of rotatable bonds is 21. The molecule has 2 amide bonds. The number of carbonyl (C=O) groups is 2. The van der Waals surface area contributed by atoms with E-state index in [1.54, 1.807) is 0 Å². The zero-order valence-corrected chi connectivity index (χ0v) is 36.9. The highest BCUT2D eigenvalue weighted by Gasteiger charge is 2.24. The van der Waals surface area contributed by atoms with Gasteiger partial charge in [0.1, 0.15) is 11.5 Å². The van der Waals surface area contributed by atoms with Crippen LogP contribution in [0.2, 0.25) is 0 Å². The van der Waals surface area contributed by atoms with Crippen molar-refractivity contribution in [3.05, 3.63) is 94.6 Å². The molecule has 0 radical (unpaired) electrons. The monoisotopic (exact) mass is 814 g/mol. The van der Waals surface area contributed by atoms with Crippen LogP contribution in [-0.4, -0.2) is 90.2 Å². The Morgan fingerprint density at radius 3 is 1.23 bits per heavy atom. The molecule has 0 unspecified atom stereocenters. The molecule has 12 heteroatoms. The number of hydrogen-bond donors (Lipinski definition) is 0. The number of nitrogens with zero attached hydrogens (tertiary/aromatic N) is 8. The number of ether oxygens (including phenoxy) is 2. The minimum absolute atomic E-state index is 0.0770. The van der Waals surface area contributed by atoms with Crippen molar-refractivity contribution in [3.8, 4) is 34.0 Å². The van der Waals surface area contributed by atoms with Gasteiger partial charge in [-0.05, 0) is 129 Å². The maximum absolute atomic E-state index is 13.2. The minimum atomic E-state index is 0.0770. The van der Waals surface area contributed by atoms with E-state index in [1.165, 1.54) is 0 Å². The van der Waals surface area contributed by atoms with Crippen LogP contribution in [0.1, 0.15) is 100 Å². The predicted molar refractivity (Wildman–Crippen MR) is 238 cm³/mol. The van der Waals surface area contributed by atoms with Gasteiger partial charge in [-0.25, -0.2) is 19.0 Å². The molecule has 318 valence electrons. The average molecular weight is 815 g/mol. The lowest BCUT2D eigenvalue weighted by atomic mass is 10.0. The summed E-state index contributed by atoms with van der Waals surface area (Å²) in [4.78, 5) is 39.7. The van der Waals surface area contributed by atoms with Gasteiger partial charge >= 0.3 is 0 Å². The molecule has 0 aliphatic heterocycles. The molecule has 0 atom stereocenters. The third-order valence-corrected chi connectivity index (χ3v) is 11.2. The number of amides is 2. The van der Waals surface area contributed by atoms with Crippen molar-refractivity contribution in [2.45, 2.75) is 107 Å². The third kappa shape index (κ3) is 10.3. The molecular weight excluding hydrogens is 753 g/mol. The highest BCUT2D eigenvalue weighted by Crippen LogP contribution is 2.31. The number of unbranched alkanes of at least 4 members (excludes halogenated alkanes) is 5. The van der Waals surface area contributed by atoms with Gasteiger partial charge in [0.25, 0.3) is 0 Å². The first-order valence-corrected chi connectivity index (χ1v) is 21.8. The van der Waals surface area contributed by atoms with Crippen LogP contribution in [-0.2, 0) is 22.4 Å². The second kappa shape index (κ2) is 20.5. The van der Waals surface area contributed by atoms with Crippen LogP contribution in [0.15, 0.2) is 60.7 Å². The number of likely N-dealkylation sites (N-methyl/N-ethyl adjacent to an activating group) is 2. The number of fused-ring (bicyclic) bond motifs is 2. The van der Waals surface area contributed by atoms with Gasteiger partial charge in [0, 0.05) is 71.2 Å². The molecule has 0 spiro atoms. The molecule has 12 nitrogen and oxygen atoms in total. The number of hydrogen-bond acceptors (Lipinski definition) is 8. The largest absolute Gasteiger partial charge is 0.494 e. The average Bonchev–Trinajstić information content (AvgIpc) is 3.78. The standard InChI is InChI=1S/C48H62N8O4/c1-9-53(10-2)43(57)31-41-45(51-55-35(7)29-33(5)49-47(41)55)37-19-23-39(24-20-37)59-27-17-15-13-14-16-18-28-60-40-25-21-38(22-26-40)46-42(32-44(58)54(11-3)12-4)48-50-34(6)30-36(8)56(48)52-46/h19-26,29-30H,9-18,27-28,31-32H2,1-8H3. The Kier molecular flexibility index (Phi) is 14.9. The summed E-state index contributed by atoms with van der Waals surface area (Å²) < 4.78 is 15.9. The van der Waals surface area contributed by atoms with Crippen LogP contribution in [0.25, 0.3) is 33.8 Å². The van der Waals surface area contributed by atoms with Crippen LogP contribution in [0.3, 0.4) is 0 Å². The number of aromatic nitrogens is 6. The number of benzene rings is 2. The Labute approximate surface area is 354 Å². The second-order valence-electron chi connectivity index (χ2n) is 15.6. The molecule has 0 bridgehead atoms. The van der Waals surface area contributed by atoms with E-state index in [-0.39, 0.29) is 24.7 Å². The first-order valence-electron chi connectivity index (χ1n) is 21.8. The van der Waals surface area contributed by atoms with E-state index >= 15 is 0 Å². The van der Waals surface area contributed by atoms with Crippen molar-refractivity contribution in [2.24, 2.45) is 0 Å². The van der Waals surface area contributed by atoms with Crippen LogP contribution in [0, 0.1) is 27.7 Å². The Morgan fingerprint density at radius 2 is 0.883 bits per heavy atom. The first kappa shape index (κ1) is 43.8. The van der Waals surface area contributed by atoms with Gasteiger partial charge in [0.05, 0.1) is 37.4 Å². The number of carbonyl (C=O) groups excluding carboxylic acids is 2. The number of aryl methyl sites for hydroxylation is 4. The van der Waals surface area contributed by atoms with Crippen LogP contribution >= 0.6 is 0 Å². The van der Waals surface area contributed by atoms with Crippen LogP contribution < -0.4 is 9.47 Å². The van der Waals surface area contributed by atoms with Gasteiger partial charge in [-0.1, -0.05) is 25.7 Å². The zero-order chi connectivity index (χ0) is 42.8. The summed E-state index contributed by atoms with van der Waals surface area (Å²) in [5.41, 5.74) is 10.4. The molecular formula is C48H62N8O4. The Morgan fingerprint density at radius 1 is 0.533 bits per heavy atom. The lowest BCUT2D eigenvalue weighted by Gasteiger charge is -2.18. The minimum Gasteiger partial charge on any atom is -0.494 e. The molecule has 0 aliphatic rings. The van der Waals surface area contributed by atoms with Crippen LogP contribution in [0.4, 0.5) is 0 Å². The van der Waals surface area contributed by atoms with Gasteiger partial charge in [0.15, 0.2) is 11.3 Å². The van der Waals surface area contributed by atoms with E-state index in [0.717, 1.165) is 118 Å². The van der Waals surface area contributed by atoms with Gasteiger partial charge in [-0.3, -0.25) is 9.59 Å². The van der Waals surface area contributed by atoms with Gasteiger partial charge in [-0.2, -0.15) is 10.2 Å². The fourth-order valence-corrected chi connectivity index (χ4v) is 7.91. The highest BCUT2D eigenvalue weighted by molar-refractivity contribution is 5.86. The molecule has 0 aliphatic carbocycles. The fraction of sp³-hybridized carbons (Fsp3) is 0.458. The van der Waals surface area contributed by atoms with Gasteiger partial charge < -0.3 is 19.3 Å². The summed E-state index contributed by atoms with van der Waals surface area (Å²) in [6.07, 6.45) is 7.01. The van der Waals surface area contributed by atoms with E-state index in [0.29, 0.717) is 39.4 Å². The second-order valence-corrected chi connectivity index (χ2v) is 15.6. The normalized spacial score (nSPS) is 11.4. The molecule has 2 aromatic carbocycles. The van der Waals surface area contributed by atoms with Crippen molar-refractivity contribution >= 4 is 23.1 Å². The topological polar surface area (TPSA) is 119 Å². The Balaban J connectivity index is 0.934. The summed E-state index contributed by atoms with van der Waals surface area (Å²) in [7, 11) is 0. The third-order valence-electron chi connectivity index (χ3n) is 11.2. The van der Waals surface area contributed by atoms with Crippen molar-refractivity contribution in [3.63, 3.8) is 0 Å². The molecule has 6 rings (SSSR count). The fourth-order valence-electron chi connectivity index (χ4n) is 7.91. The maximum Gasteiger partial charge on any atom is 0.227 e. The van der Waals surface area contributed by atoms with Crippen LogP contribution in [0.5, 0.6) is 11.5 Å². The summed E-state index contributed by atoms with van der Waals surface area (Å²) in [5, 5.41) is 9.84. The molecule has 0 N–H and O–H groups in total. The maximum atomic E-state index is 13.2. The van der Waals surface area contributed by atoms with E-state index in [9.17, 15) is 9.59 Å². The van der Waals surface area contributed by atoms with Crippen molar-refractivity contribution < 1.29 is 19.1 Å². The summed E-state index contributed by atoms with van der Waals surface area (Å²) in [5.74, 6) is 1.80. The Bertz CT molecular complexity index is 2210.